The van der Waals surface area contributed by atoms with Gasteiger partial charge in [0, 0.05) is 0 Å². The third-order valence-electron chi connectivity index (χ3n) is 5.88. The maximum atomic E-state index is 13.1. The van der Waals surface area contributed by atoms with Gasteiger partial charge in [0.25, 0.3) is 0 Å². The number of hydrogen-bond donors (Lipinski definition) is 2. The number of likely N-dealkylation sites (tertiary alicyclic amines) is 1. The molecule has 2 aromatic carbocycles. The fourth-order valence-electron chi connectivity index (χ4n) is 4.34. The first-order valence-corrected chi connectivity index (χ1v) is 9.85. The molecule has 1 unspecified atom stereocenters. The van der Waals surface area contributed by atoms with Crippen molar-refractivity contribution in [2.24, 2.45) is 0 Å². The van der Waals surface area contributed by atoms with E-state index in [0.717, 1.165) is 24.1 Å². The van der Waals surface area contributed by atoms with E-state index in [1.807, 2.05) is 30.3 Å². The Hall–Kier alpha value is -2.59. The van der Waals surface area contributed by atoms with E-state index in [2.05, 4.69) is 6.92 Å². The highest BCUT2D eigenvalue weighted by atomic mass is 16.3. The molecule has 1 aliphatic rings. The molecule has 0 aliphatic carbocycles. The summed E-state index contributed by atoms with van der Waals surface area (Å²) in [6.45, 7) is 4.02. The standard InChI is InChI=1S/C23H25NO3/c1-2-17-10-6-7-13-24(17)14-19-21(25)12-11-18-22(26)20(15-27-23(18)19)16-8-4-3-5-9-16/h3-5,8-9,11-12,15,17,25H,2,6-7,10,13-14H2,1H3/p+1/t17-/m1/s1. The Kier molecular flexibility index (Phi) is 4.99. The normalized spacial score (nSPS) is 20.0. The minimum absolute atomic E-state index is 0.0515. The summed E-state index contributed by atoms with van der Waals surface area (Å²) >= 11 is 0. The van der Waals surface area contributed by atoms with Gasteiger partial charge in [0.05, 0.1) is 29.1 Å². The van der Waals surface area contributed by atoms with Crippen LogP contribution in [-0.2, 0) is 6.54 Å². The Morgan fingerprint density at radius 1 is 1.15 bits per heavy atom. The van der Waals surface area contributed by atoms with Gasteiger partial charge in [0.2, 0.25) is 5.43 Å². The lowest BCUT2D eigenvalue weighted by Crippen LogP contribution is -3.15. The van der Waals surface area contributed by atoms with Gasteiger partial charge in [-0.3, -0.25) is 4.79 Å². The molecule has 1 saturated heterocycles. The van der Waals surface area contributed by atoms with Crippen molar-refractivity contribution in [3.8, 4) is 16.9 Å². The van der Waals surface area contributed by atoms with Crippen molar-refractivity contribution in [2.75, 3.05) is 6.54 Å². The van der Waals surface area contributed by atoms with Crippen LogP contribution in [0.4, 0.5) is 0 Å². The van der Waals surface area contributed by atoms with E-state index in [1.165, 1.54) is 30.4 Å². The van der Waals surface area contributed by atoms with Crippen molar-refractivity contribution in [1.29, 1.82) is 0 Å². The van der Waals surface area contributed by atoms with Gasteiger partial charge in [-0.1, -0.05) is 37.3 Å². The molecule has 1 aromatic heterocycles. The number of benzene rings is 2. The summed E-state index contributed by atoms with van der Waals surface area (Å²) in [5.74, 6) is 0.214. The van der Waals surface area contributed by atoms with Crippen LogP contribution in [-0.4, -0.2) is 17.7 Å². The molecule has 3 aromatic rings. The minimum atomic E-state index is -0.0515. The van der Waals surface area contributed by atoms with Gasteiger partial charge in [-0.2, -0.15) is 0 Å². The largest absolute Gasteiger partial charge is 0.507 e. The van der Waals surface area contributed by atoms with Crippen molar-refractivity contribution in [3.05, 3.63) is 64.5 Å². The van der Waals surface area contributed by atoms with E-state index in [0.29, 0.717) is 29.1 Å². The van der Waals surface area contributed by atoms with Crippen LogP contribution in [0, 0.1) is 0 Å². The zero-order valence-corrected chi connectivity index (χ0v) is 15.7. The van der Waals surface area contributed by atoms with E-state index in [9.17, 15) is 9.90 Å². The summed E-state index contributed by atoms with van der Waals surface area (Å²) in [5.41, 5.74) is 2.61. The van der Waals surface area contributed by atoms with Crippen molar-refractivity contribution in [1.82, 2.24) is 0 Å². The van der Waals surface area contributed by atoms with Crippen molar-refractivity contribution < 1.29 is 14.4 Å². The quantitative estimate of drug-likeness (QED) is 0.745. The Bertz CT molecular complexity index is 994. The fourth-order valence-corrected chi connectivity index (χ4v) is 4.34. The Balaban J connectivity index is 1.78. The number of phenols is 1. The lowest BCUT2D eigenvalue weighted by atomic mass is 9.98. The van der Waals surface area contributed by atoms with Gasteiger partial charge in [-0.25, -0.2) is 0 Å². The fraction of sp³-hybridized carbons (Fsp3) is 0.348. The number of rotatable bonds is 4. The summed E-state index contributed by atoms with van der Waals surface area (Å²) in [7, 11) is 0. The predicted octanol–water partition coefficient (Wildman–Crippen LogP) is 3.51. The number of phenolic OH excluding ortho intramolecular Hbond substituents is 1. The molecular formula is C23H26NO3+. The highest BCUT2D eigenvalue weighted by molar-refractivity contribution is 5.85. The van der Waals surface area contributed by atoms with E-state index in [4.69, 9.17) is 4.42 Å². The molecule has 27 heavy (non-hydrogen) atoms. The maximum absolute atomic E-state index is 13.1. The van der Waals surface area contributed by atoms with Crippen molar-refractivity contribution in [2.45, 2.75) is 45.2 Å². The lowest BCUT2D eigenvalue weighted by molar-refractivity contribution is -0.944. The second kappa shape index (κ2) is 7.57. The number of quaternary nitrogens is 1. The van der Waals surface area contributed by atoms with Crippen LogP contribution in [0.15, 0.2) is 57.9 Å². The topological polar surface area (TPSA) is 54.9 Å². The van der Waals surface area contributed by atoms with Crippen LogP contribution in [0.1, 0.15) is 38.2 Å². The van der Waals surface area contributed by atoms with Crippen LogP contribution in [0.5, 0.6) is 5.75 Å². The highest BCUT2D eigenvalue weighted by Crippen LogP contribution is 2.27. The van der Waals surface area contributed by atoms with Crippen LogP contribution in [0.25, 0.3) is 22.1 Å². The molecule has 0 spiro atoms. The average Bonchev–Trinajstić information content (AvgIpc) is 2.71. The number of aromatic hydroxyl groups is 1. The summed E-state index contributed by atoms with van der Waals surface area (Å²) in [5, 5.41) is 11.0. The zero-order valence-electron chi connectivity index (χ0n) is 15.7. The highest BCUT2D eigenvalue weighted by Gasteiger charge is 2.27. The Morgan fingerprint density at radius 2 is 1.96 bits per heavy atom. The molecule has 0 saturated carbocycles. The third-order valence-corrected chi connectivity index (χ3v) is 5.88. The molecule has 4 heteroatoms. The monoisotopic (exact) mass is 364 g/mol. The summed E-state index contributed by atoms with van der Waals surface area (Å²) in [4.78, 5) is 14.5. The van der Waals surface area contributed by atoms with Gasteiger partial charge < -0.3 is 14.4 Å². The van der Waals surface area contributed by atoms with Crippen molar-refractivity contribution in [3.63, 3.8) is 0 Å². The molecule has 4 rings (SSSR count). The predicted molar refractivity (Wildman–Crippen MR) is 107 cm³/mol. The molecule has 2 heterocycles. The molecule has 0 bridgehead atoms. The molecule has 2 atom stereocenters. The second-order valence-corrected chi connectivity index (χ2v) is 7.47. The first kappa shape index (κ1) is 17.8. The Labute approximate surface area is 159 Å². The number of nitrogens with one attached hydrogen (secondary N) is 1. The van der Waals surface area contributed by atoms with Gasteiger partial charge in [0.15, 0.2) is 0 Å². The van der Waals surface area contributed by atoms with Crippen LogP contribution >= 0.6 is 0 Å². The molecule has 2 N–H and O–H groups in total. The Morgan fingerprint density at radius 3 is 2.74 bits per heavy atom. The van der Waals surface area contributed by atoms with Crippen LogP contribution in [0.3, 0.4) is 0 Å². The first-order chi connectivity index (χ1) is 13.2. The molecular weight excluding hydrogens is 338 g/mol. The molecule has 0 radical (unpaired) electrons. The molecule has 4 nitrogen and oxygen atoms in total. The number of piperidine rings is 1. The van der Waals surface area contributed by atoms with E-state index in [1.54, 1.807) is 12.1 Å². The van der Waals surface area contributed by atoms with Gasteiger partial charge in [-0.15, -0.1) is 0 Å². The molecule has 1 fully saturated rings. The van der Waals surface area contributed by atoms with Gasteiger partial charge in [-0.05, 0) is 43.4 Å². The third kappa shape index (κ3) is 3.37. The van der Waals surface area contributed by atoms with E-state index < -0.39 is 0 Å². The van der Waals surface area contributed by atoms with Gasteiger partial charge >= 0.3 is 0 Å². The smallest absolute Gasteiger partial charge is 0.200 e. The molecule has 140 valence electrons. The number of fused-ring (bicyclic) bond motifs is 1. The van der Waals surface area contributed by atoms with Crippen LogP contribution in [0.2, 0.25) is 0 Å². The van der Waals surface area contributed by atoms with Crippen molar-refractivity contribution >= 4 is 11.0 Å². The minimum Gasteiger partial charge on any atom is -0.507 e. The lowest BCUT2D eigenvalue weighted by Gasteiger charge is -2.32. The van der Waals surface area contributed by atoms with Crippen LogP contribution < -0.4 is 10.3 Å². The zero-order chi connectivity index (χ0) is 18.8. The first-order valence-electron chi connectivity index (χ1n) is 9.85. The SMILES string of the molecule is CC[C@@H]1CCCC[NH+]1Cc1c(O)ccc2c(=O)c(-c3ccccc3)coc12. The second-order valence-electron chi connectivity index (χ2n) is 7.47. The van der Waals surface area contributed by atoms with E-state index >= 15 is 0 Å². The summed E-state index contributed by atoms with van der Waals surface area (Å²) < 4.78 is 5.93. The average molecular weight is 364 g/mol. The molecule has 0 amide bonds. The number of hydrogen-bond acceptors (Lipinski definition) is 3. The maximum Gasteiger partial charge on any atom is 0.200 e. The van der Waals surface area contributed by atoms with E-state index in [-0.39, 0.29) is 11.2 Å². The molecule has 1 aliphatic heterocycles. The summed E-state index contributed by atoms with van der Waals surface area (Å²) in [6, 6.07) is 13.5. The summed E-state index contributed by atoms with van der Waals surface area (Å²) in [6.07, 6.45) is 6.37. The van der Waals surface area contributed by atoms with Gasteiger partial charge in [0.1, 0.15) is 24.1 Å².